The maximum atomic E-state index is 12.1. The summed E-state index contributed by atoms with van der Waals surface area (Å²) in [6.45, 7) is 6.44. The Morgan fingerprint density at radius 1 is 1.40 bits per heavy atom. The number of hydrogen-bond donors (Lipinski definition) is 0. The first-order chi connectivity index (χ1) is 9.46. The van der Waals surface area contributed by atoms with E-state index in [1.165, 1.54) is 0 Å². The van der Waals surface area contributed by atoms with Crippen molar-refractivity contribution in [3.63, 3.8) is 0 Å². The summed E-state index contributed by atoms with van der Waals surface area (Å²) in [6.07, 6.45) is 9.42. The fourth-order valence-electron chi connectivity index (χ4n) is 2.24. The van der Waals surface area contributed by atoms with Crippen LogP contribution in [0.1, 0.15) is 39.2 Å². The van der Waals surface area contributed by atoms with Crippen LogP contribution in [-0.2, 0) is 4.74 Å². The van der Waals surface area contributed by atoms with Gasteiger partial charge in [0.05, 0.1) is 6.04 Å². The first-order valence-electron chi connectivity index (χ1n) is 7.03. The monoisotopic (exact) mass is 274 g/mol. The Morgan fingerprint density at radius 3 is 2.75 bits per heavy atom. The van der Waals surface area contributed by atoms with Crippen LogP contribution in [0.15, 0.2) is 30.6 Å². The fraction of sp³-hybridized carbons (Fsp3) is 0.500. The SMILES string of the molecule is CC(C)(C)OC(=O)N1CCCC1/C=C/c1ccncc1. The van der Waals surface area contributed by atoms with Gasteiger partial charge in [-0.2, -0.15) is 0 Å². The largest absolute Gasteiger partial charge is 0.444 e. The van der Waals surface area contributed by atoms with Crippen molar-refractivity contribution in [2.45, 2.75) is 45.3 Å². The number of rotatable bonds is 2. The third-order valence-electron chi connectivity index (χ3n) is 3.14. The van der Waals surface area contributed by atoms with Crippen LogP contribution in [0.5, 0.6) is 0 Å². The van der Waals surface area contributed by atoms with Gasteiger partial charge in [0, 0.05) is 18.9 Å². The number of ether oxygens (including phenoxy) is 1. The van der Waals surface area contributed by atoms with E-state index in [1.54, 1.807) is 12.4 Å². The summed E-state index contributed by atoms with van der Waals surface area (Å²) in [5.74, 6) is 0. The molecule has 108 valence electrons. The van der Waals surface area contributed by atoms with Crippen molar-refractivity contribution < 1.29 is 9.53 Å². The van der Waals surface area contributed by atoms with Crippen molar-refractivity contribution in [3.8, 4) is 0 Å². The van der Waals surface area contributed by atoms with E-state index < -0.39 is 5.60 Å². The predicted octanol–water partition coefficient (Wildman–Crippen LogP) is 3.49. The van der Waals surface area contributed by atoms with Gasteiger partial charge in [-0.1, -0.05) is 12.2 Å². The average Bonchev–Trinajstić information content (AvgIpc) is 2.84. The summed E-state index contributed by atoms with van der Waals surface area (Å²) < 4.78 is 5.45. The van der Waals surface area contributed by atoms with E-state index in [2.05, 4.69) is 11.1 Å². The molecule has 0 spiro atoms. The van der Waals surface area contributed by atoms with Crippen molar-refractivity contribution in [2.24, 2.45) is 0 Å². The predicted molar refractivity (Wildman–Crippen MR) is 79.2 cm³/mol. The molecular formula is C16H22N2O2. The highest BCUT2D eigenvalue weighted by Gasteiger charge is 2.30. The molecule has 1 aliphatic rings. The molecule has 20 heavy (non-hydrogen) atoms. The Balaban J connectivity index is 2.01. The van der Waals surface area contributed by atoms with Gasteiger partial charge in [-0.25, -0.2) is 4.79 Å². The molecule has 1 atom stereocenters. The number of aromatic nitrogens is 1. The zero-order chi connectivity index (χ0) is 14.6. The Kier molecular flexibility index (Phi) is 4.42. The van der Waals surface area contributed by atoms with Gasteiger partial charge in [0.15, 0.2) is 0 Å². The van der Waals surface area contributed by atoms with Gasteiger partial charge >= 0.3 is 6.09 Å². The highest BCUT2D eigenvalue weighted by atomic mass is 16.6. The highest BCUT2D eigenvalue weighted by molar-refractivity contribution is 5.69. The molecule has 1 amide bonds. The average molecular weight is 274 g/mol. The van der Waals surface area contributed by atoms with Crippen LogP contribution in [0.4, 0.5) is 4.79 Å². The van der Waals surface area contributed by atoms with E-state index in [0.29, 0.717) is 0 Å². The summed E-state index contributed by atoms with van der Waals surface area (Å²) in [6, 6.07) is 4.02. The van der Waals surface area contributed by atoms with Crippen molar-refractivity contribution in [1.82, 2.24) is 9.88 Å². The van der Waals surface area contributed by atoms with Gasteiger partial charge in [0.2, 0.25) is 0 Å². The zero-order valence-electron chi connectivity index (χ0n) is 12.4. The van der Waals surface area contributed by atoms with Crippen LogP contribution in [0.2, 0.25) is 0 Å². The lowest BCUT2D eigenvalue weighted by Gasteiger charge is -2.27. The normalized spacial score (nSPS) is 19.6. The number of nitrogens with zero attached hydrogens (tertiary/aromatic N) is 2. The van der Waals surface area contributed by atoms with E-state index in [0.717, 1.165) is 24.9 Å². The van der Waals surface area contributed by atoms with Gasteiger partial charge in [-0.15, -0.1) is 0 Å². The molecule has 0 radical (unpaired) electrons. The van der Waals surface area contributed by atoms with E-state index in [-0.39, 0.29) is 12.1 Å². The molecule has 1 unspecified atom stereocenters. The Labute approximate surface area is 120 Å². The molecule has 0 saturated carbocycles. The Morgan fingerprint density at radius 2 is 2.10 bits per heavy atom. The second-order valence-electron chi connectivity index (χ2n) is 6.02. The first-order valence-corrected chi connectivity index (χ1v) is 7.03. The summed E-state index contributed by atoms with van der Waals surface area (Å²) in [7, 11) is 0. The number of pyridine rings is 1. The minimum Gasteiger partial charge on any atom is -0.444 e. The third kappa shape index (κ3) is 4.08. The van der Waals surface area contributed by atoms with Crippen molar-refractivity contribution >= 4 is 12.2 Å². The number of hydrogen-bond acceptors (Lipinski definition) is 3. The summed E-state index contributed by atoms with van der Waals surface area (Å²) >= 11 is 0. The maximum Gasteiger partial charge on any atom is 0.410 e. The smallest absolute Gasteiger partial charge is 0.410 e. The van der Waals surface area contributed by atoms with Gasteiger partial charge < -0.3 is 9.64 Å². The minimum atomic E-state index is -0.445. The maximum absolute atomic E-state index is 12.1. The molecule has 0 bridgehead atoms. The quantitative estimate of drug-likeness (QED) is 0.829. The summed E-state index contributed by atoms with van der Waals surface area (Å²) in [5, 5.41) is 0. The molecule has 2 heterocycles. The fourth-order valence-corrected chi connectivity index (χ4v) is 2.24. The number of carbonyl (C=O) groups is 1. The van der Waals surface area contributed by atoms with E-state index >= 15 is 0 Å². The molecule has 1 aliphatic heterocycles. The Bertz CT molecular complexity index is 477. The second-order valence-corrected chi connectivity index (χ2v) is 6.02. The molecule has 0 N–H and O–H groups in total. The molecule has 0 aromatic carbocycles. The summed E-state index contributed by atoms with van der Waals surface area (Å²) in [4.78, 5) is 17.9. The van der Waals surface area contributed by atoms with Crippen LogP contribution in [0.3, 0.4) is 0 Å². The third-order valence-corrected chi connectivity index (χ3v) is 3.14. The molecule has 1 aromatic heterocycles. The van der Waals surface area contributed by atoms with Crippen LogP contribution in [0, 0.1) is 0 Å². The highest BCUT2D eigenvalue weighted by Crippen LogP contribution is 2.22. The standard InChI is InChI=1S/C16H22N2O2/c1-16(2,3)20-15(19)18-12-4-5-14(18)7-6-13-8-10-17-11-9-13/h6-11,14H,4-5,12H2,1-3H3/b7-6+. The summed E-state index contributed by atoms with van der Waals surface area (Å²) in [5.41, 5.74) is 0.648. The molecule has 1 aromatic rings. The Hall–Kier alpha value is -1.84. The van der Waals surface area contributed by atoms with E-state index in [9.17, 15) is 4.79 Å². The van der Waals surface area contributed by atoms with Crippen molar-refractivity contribution in [3.05, 3.63) is 36.2 Å². The molecule has 4 nitrogen and oxygen atoms in total. The topological polar surface area (TPSA) is 42.4 Å². The first kappa shape index (κ1) is 14.6. The molecule has 0 aliphatic carbocycles. The number of carbonyl (C=O) groups excluding carboxylic acids is 1. The van der Waals surface area contributed by atoms with Crippen LogP contribution in [-0.4, -0.2) is 34.2 Å². The minimum absolute atomic E-state index is 0.123. The molecular weight excluding hydrogens is 252 g/mol. The van der Waals surface area contributed by atoms with E-state index in [4.69, 9.17) is 4.74 Å². The molecule has 1 fully saturated rings. The molecule has 4 heteroatoms. The lowest BCUT2D eigenvalue weighted by Crippen LogP contribution is -2.39. The van der Waals surface area contributed by atoms with Gasteiger partial charge in [0.25, 0.3) is 0 Å². The van der Waals surface area contributed by atoms with Gasteiger partial charge in [0.1, 0.15) is 5.60 Å². The molecule has 2 rings (SSSR count). The zero-order valence-corrected chi connectivity index (χ0v) is 12.4. The number of amides is 1. The van der Waals surface area contributed by atoms with Crippen molar-refractivity contribution in [2.75, 3.05) is 6.54 Å². The lowest BCUT2D eigenvalue weighted by molar-refractivity contribution is 0.0256. The van der Waals surface area contributed by atoms with Crippen LogP contribution < -0.4 is 0 Å². The van der Waals surface area contributed by atoms with Crippen molar-refractivity contribution in [1.29, 1.82) is 0 Å². The van der Waals surface area contributed by atoms with Gasteiger partial charge in [-0.05, 0) is 51.3 Å². The molecule has 1 saturated heterocycles. The van der Waals surface area contributed by atoms with E-state index in [1.807, 2.05) is 43.9 Å². The lowest BCUT2D eigenvalue weighted by atomic mass is 10.1. The number of likely N-dealkylation sites (tertiary alicyclic amines) is 1. The van der Waals surface area contributed by atoms with Crippen LogP contribution in [0.25, 0.3) is 6.08 Å². The van der Waals surface area contributed by atoms with Crippen LogP contribution >= 0.6 is 0 Å². The van der Waals surface area contributed by atoms with Gasteiger partial charge in [-0.3, -0.25) is 4.98 Å². The second kappa shape index (κ2) is 6.07.